The van der Waals surface area contributed by atoms with E-state index in [-0.39, 0.29) is 6.04 Å². The predicted molar refractivity (Wildman–Crippen MR) is 59.0 cm³/mol. The van der Waals surface area contributed by atoms with E-state index in [1.54, 1.807) is 6.92 Å². The number of nitrogens with two attached hydrogens (primary N) is 1. The van der Waals surface area contributed by atoms with Crippen LogP contribution in [0.2, 0.25) is 0 Å². The minimum Gasteiger partial charge on any atom is -0.368 e. The molecule has 0 bridgehead atoms. The number of nitrogens with zero attached hydrogens (tertiary/aromatic N) is 1. The van der Waals surface area contributed by atoms with Crippen molar-refractivity contribution in [1.82, 2.24) is 10.3 Å². The maximum Gasteiger partial charge on any atom is 0.243 e. The van der Waals surface area contributed by atoms with Gasteiger partial charge in [-0.25, -0.2) is 4.39 Å². The maximum absolute atomic E-state index is 12.7. The van der Waals surface area contributed by atoms with Crippen LogP contribution >= 0.6 is 0 Å². The molecule has 3 N–H and O–H groups in total. The van der Waals surface area contributed by atoms with Gasteiger partial charge in [0.1, 0.15) is 11.4 Å². The number of hydrogen-bond donors (Lipinski definition) is 2. The van der Waals surface area contributed by atoms with Crippen LogP contribution in [-0.4, -0.2) is 16.9 Å². The second-order valence-electron chi connectivity index (χ2n) is 4.15. The summed E-state index contributed by atoms with van der Waals surface area (Å²) in [5.41, 5.74) is 4.68. The van der Waals surface area contributed by atoms with Gasteiger partial charge in [-0.05, 0) is 32.9 Å². The molecule has 0 saturated heterocycles. The van der Waals surface area contributed by atoms with Crippen LogP contribution in [0.25, 0.3) is 0 Å². The van der Waals surface area contributed by atoms with Crippen LogP contribution in [-0.2, 0) is 10.3 Å². The van der Waals surface area contributed by atoms with E-state index in [9.17, 15) is 9.18 Å². The summed E-state index contributed by atoms with van der Waals surface area (Å²) in [5.74, 6) is -0.986. The van der Waals surface area contributed by atoms with Crippen LogP contribution in [0.15, 0.2) is 18.3 Å². The summed E-state index contributed by atoms with van der Waals surface area (Å²) in [5, 5.41) is 3.03. The highest BCUT2D eigenvalue weighted by Crippen LogP contribution is 2.19. The Bertz CT molecular complexity index is 377. The molecule has 0 radical (unpaired) electrons. The standard InChI is InChI=1S/C11H16FN3O/c1-7(2)15-11(3,10(13)16)9-5-4-8(12)6-14-9/h4-7,15H,1-3H3,(H2,13,16). The van der Waals surface area contributed by atoms with Crippen molar-refractivity contribution in [3.05, 3.63) is 29.8 Å². The third-order valence-corrected chi connectivity index (χ3v) is 2.31. The van der Waals surface area contributed by atoms with E-state index in [1.807, 2.05) is 13.8 Å². The van der Waals surface area contributed by atoms with E-state index in [0.29, 0.717) is 5.69 Å². The van der Waals surface area contributed by atoms with E-state index < -0.39 is 17.3 Å². The first-order valence-corrected chi connectivity index (χ1v) is 5.06. The van der Waals surface area contributed by atoms with Crippen LogP contribution in [0.5, 0.6) is 0 Å². The van der Waals surface area contributed by atoms with Gasteiger partial charge >= 0.3 is 0 Å². The second kappa shape index (κ2) is 4.57. The van der Waals surface area contributed by atoms with Crippen molar-refractivity contribution in [2.75, 3.05) is 0 Å². The molecule has 1 rings (SSSR count). The Kier molecular flexibility index (Phi) is 3.59. The van der Waals surface area contributed by atoms with Crippen molar-refractivity contribution in [3.8, 4) is 0 Å². The summed E-state index contributed by atoms with van der Waals surface area (Å²) < 4.78 is 12.7. The molecule has 0 fully saturated rings. The quantitative estimate of drug-likeness (QED) is 0.800. The molecule has 16 heavy (non-hydrogen) atoms. The van der Waals surface area contributed by atoms with Crippen molar-refractivity contribution >= 4 is 5.91 Å². The molecule has 0 spiro atoms. The zero-order chi connectivity index (χ0) is 12.3. The van der Waals surface area contributed by atoms with Gasteiger partial charge in [0.25, 0.3) is 0 Å². The van der Waals surface area contributed by atoms with E-state index in [1.165, 1.54) is 12.1 Å². The van der Waals surface area contributed by atoms with Crippen LogP contribution in [0.3, 0.4) is 0 Å². The lowest BCUT2D eigenvalue weighted by atomic mass is 9.95. The van der Waals surface area contributed by atoms with Gasteiger partial charge in [-0.2, -0.15) is 0 Å². The number of carbonyl (C=O) groups is 1. The van der Waals surface area contributed by atoms with Crippen molar-refractivity contribution in [2.24, 2.45) is 5.73 Å². The molecule has 0 saturated carbocycles. The average molecular weight is 225 g/mol. The van der Waals surface area contributed by atoms with Gasteiger partial charge in [-0.1, -0.05) is 0 Å². The molecule has 1 aromatic rings. The predicted octanol–water partition coefficient (Wildman–Crippen LogP) is 0.919. The van der Waals surface area contributed by atoms with Crippen molar-refractivity contribution in [1.29, 1.82) is 0 Å². The zero-order valence-electron chi connectivity index (χ0n) is 9.62. The topological polar surface area (TPSA) is 68.0 Å². The first kappa shape index (κ1) is 12.6. The van der Waals surface area contributed by atoms with Crippen molar-refractivity contribution in [2.45, 2.75) is 32.4 Å². The van der Waals surface area contributed by atoms with E-state index in [2.05, 4.69) is 10.3 Å². The number of hydrogen-bond acceptors (Lipinski definition) is 3. The molecule has 1 heterocycles. The van der Waals surface area contributed by atoms with Gasteiger partial charge < -0.3 is 5.73 Å². The number of primary amides is 1. The highest BCUT2D eigenvalue weighted by Gasteiger charge is 2.34. The molecule has 0 aliphatic heterocycles. The Morgan fingerprint density at radius 2 is 2.19 bits per heavy atom. The van der Waals surface area contributed by atoms with E-state index >= 15 is 0 Å². The smallest absolute Gasteiger partial charge is 0.243 e. The minimum atomic E-state index is -1.08. The number of aromatic nitrogens is 1. The van der Waals surface area contributed by atoms with Crippen LogP contribution in [0.4, 0.5) is 4.39 Å². The van der Waals surface area contributed by atoms with E-state index in [0.717, 1.165) is 6.20 Å². The minimum absolute atomic E-state index is 0.0596. The Balaban J connectivity index is 3.11. The Hall–Kier alpha value is -1.49. The number of pyridine rings is 1. The van der Waals surface area contributed by atoms with Crippen LogP contribution < -0.4 is 11.1 Å². The summed E-state index contributed by atoms with van der Waals surface area (Å²) in [6.07, 6.45) is 1.07. The van der Waals surface area contributed by atoms with Gasteiger partial charge in [0.15, 0.2) is 0 Å². The molecule has 1 aromatic heterocycles. The molecule has 1 amide bonds. The number of halogens is 1. The van der Waals surface area contributed by atoms with Crippen molar-refractivity contribution < 1.29 is 9.18 Å². The molecule has 0 aromatic carbocycles. The normalized spacial score (nSPS) is 14.8. The second-order valence-corrected chi connectivity index (χ2v) is 4.15. The SMILES string of the molecule is CC(C)NC(C)(C(N)=O)c1ccc(F)cn1. The summed E-state index contributed by atoms with van der Waals surface area (Å²) >= 11 is 0. The molecule has 4 nitrogen and oxygen atoms in total. The van der Waals surface area contributed by atoms with Crippen molar-refractivity contribution in [3.63, 3.8) is 0 Å². The first-order valence-electron chi connectivity index (χ1n) is 5.06. The van der Waals surface area contributed by atoms with Gasteiger partial charge in [0, 0.05) is 6.04 Å². The lowest BCUT2D eigenvalue weighted by molar-refractivity contribution is -0.124. The third kappa shape index (κ3) is 2.55. The number of carbonyl (C=O) groups excluding carboxylic acids is 1. The first-order chi connectivity index (χ1) is 7.36. The van der Waals surface area contributed by atoms with Crippen LogP contribution in [0.1, 0.15) is 26.5 Å². The molecule has 5 heteroatoms. The third-order valence-electron chi connectivity index (χ3n) is 2.31. The summed E-state index contributed by atoms with van der Waals surface area (Å²) in [6, 6.07) is 2.77. The Labute approximate surface area is 94.1 Å². The number of amides is 1. The summed E-state index contributed by atoms with van der Waals surface area (Å²) in [7, 11) is 0. The fourth-order valence-corrected chi connectivity index (χ4v) is 1.52. The van der Waals surface area contributed by atoms with Crippen LogP contribution in [0, 0.1) is 5.82 Å². The van der Waals surface area contributed by atoms with E-state index in [4.69, 9.17) is 5.73 Å². The molecule has 1 atom stereocenters. The molecular formula is C11H16FN3O. The maximum atomic E-state index is 12.7. The fraction of sp³-hybridized carbons (Fsp3) is 0.455. The number of rotatable bonds is 4. The molecule has 1 unspecified atom stereocenters. The lowest BCUT2D eigenvalue weighted by Gasteiger charge is -2.29. The van der Waals surface area contributed by atoms with Gasteiger partial charge in [0.2, 0.25) is 5.91 Å². The monoisotopic (exact) mass is 225 g/mol. The largest absolute Gasteiger partial charge is 0.368 e. The average Bonchev–Trinajstić information content (AvgIpc) is 2.17. The summed E-state index contributed by atoms with van der Waals surface area (Å²) in [6.45, 7) is 5.42. The molecule has 88 valence electrons. The van der Waals surface area contributed by atoms with Gasteiger partial charge in [-0.3, -0.25) is 15.1 Å². The Morgan fingerprint density at radius 1 is 1.56 bits per heavy atom. The summed E-state index contributed by atoms with van der Waals surface area (Å²) in [4.78, 5) is 15.4. The van der Waals surface area contributed by atoms with Gasteiger partial charge in [-0.15, -0.1) is 0 Å². The Morgan fingerprint density at radius 3 is 2.56 bits per heavy atom. The molecule has 0 aliphatic carbocycles. The van der Waals surface area contributed by atoms with Gasteiger partial charge in [0.05, 0.1) is 11.9 Å². The lowest BCUT2D eigenvalue weighted by Crippen LogP contribution is -2.53. The molecule has 0 aliphatic rings. The molecular weight excluding hydrogens is 209 g/mol. The highest BCUT2D eigenvalue weighted by atomic mass is 19.1. The fourth-order valence-electron chi connectivity index (χ4n) is 1.52. The highest BCUT2D eigenvalue weighted by molar-refractivity contribution is 5.85. The zero-order valence-corrected chi connectivity index (χ0v) is 9.62. The number of nitrogens with one attached hydrogen (secondary N) is 1.